The molecular weight excluding hydrogens is 421 g/mol. The maximum atomic E-state index is 13.4. The van der Waals surface area contributed by atoms with Crippen molar-refractivity contribution in [1.82, 2.24) is 5.43 Å². The van der Waals surface area contributed by atoms with Crippen LogP contribution in [0, 0.1) is 5.82 Å². The smallest absolute Gasteiger partial charge is 0.260 e. The van der Waals surface area contributed by atoms with Gasteiger partial charge < -0.3 is 4.74 Å². The average Bonchev–Trinajstić information content (AvgIpc) is 2.73. The fourth-order valence-electron chi connectivity index (χ4n) is 2.62. The summed E-state index contributed by atoms with van der Waals surface area (Å²) in [6.45, 7) is -0.538. The highest BCUT2D eigenvalue weighted by Gasteiger charge is 2.21. The maximum Gasteiger partial charge on any atom is 0.260 e. The van der Waals surface area contributed by atoms with Crippen molar-refractivity contribution >= 4 is 27.8 Å². The Hall–Kier alpha value is -3.72. The van der Waals surface area contributed by atoms with Crippen LogP contribution in [-0.4, -0.2) is 33.3 Å². The largest absolute Gasteiger partial charge is 0.457 e. The molecule has 0 bridgehead atoms. The fourth-order valence-corrected chi connectivity index (χ4v) is 3.47. The zero-order valence-corrected chi connectivity index (χ0v) is 17.4. The molecule has 0 spiro atoms. The molecule has 0 aromatic heterocycles. The second-order valence-corrected chi connectivity index (χ2v) is 8.43. The van der Waals surface area contributed by atoms with Crippen molar-refractivity contribution in [3.8, 4) is 11.5 Å². The number of carbonyl (C=O) groups is 1. The van der Waals surface area contributed by atoms with Crippen LogP contribution in [0.15, 0.2) is 84.0 Å². The molecule has 0 saturated carbocycles. The van der Waals surface area contributed by atoms with Crippen LogP contribution in [0.1, 0.15) is 5.56 Å². The second-order valence-electron chi connectivity index (χ2n) is 6.53. The Kier molecular flexibility index (Phi) is 6.99. The fraction of sp³-hybridized carbons (Fsp3) is 0.0909. The highest BCUT2D eigenvalue weighted by Crippen LogP contribution is 2.21. The van der Waals surface area contributed by atoms with Crippen molar-refractivity contribution in [3.05, 3.63) is 90.2 Å². The molecule has 0 atom stereocenters. The van der Waals surface area contributed by atoms with Crippen LogP contribution >= 0.6 is 0 Å². The lowest BCUT2D eigenvalue weighted by Crippen LogP contribution is -2.39. The van der Waals surface area contributed by atoms with Gasteiger partial charge in [-0.25, -0.2) is 18.2 Å². The van der Waals surface area contributed by atoms with E-state index in [-0.39, 0.29) is 5.69 Å². The number of sulfonamides is 1. The van der Waals surface area contributed by atoms with Crippen LogP contribution in [0.25, 0.3) is 0 Å². The first-order chi connectivity index (χ1) is 14.8. The summed E-state index contributed by atoms with van der Waals surface area (Å²) in [5.41, 5.74) is 3.02. The van der Waals surface area contributed by atoms with E-state index in [0.717, 1.165) is 16.6 Å². The molecule has 3 aromatic carbocycles. The third kappa shape index (κ3) is 6.65. The van der Waals surface area contributed by atoms with E-state index in [0.29, 0.717) is 17.1 Å². The van der Waals surface area contributed by atoms with E-state index in [2.05, 4.69) is 10.5 Å². The van der Waals surface area contributed by atoms with Gasteiger partial charge in [0.15, 0.2) is 0 Å². The number of nitrogens with one attached hydrogen (secondary N) is 1. The van der Waals surface area contributed by atoms with Crippen molar-refractivity contribution in [3.63, 3.8) is 0 Å². The lowest BCUT2D eigenvalue weighted by atomic mass is 10.2. The van der Waals surface area contributed by atoms with Gasteiger partial charge >= 0.3 is 0 Å². The van der Waals surface area contributed by atoms with E-state index in [1.54, 1.807) is 24.3 Å². The number of hydrogen-bond acceptors (Lipinski definition) is 5. The maximum absolute atomic E-state index is 13.4. The standard InChI is InChI=1S/C22H20FN3O4S/c1-31(28,29)26(19-7-5-6-18(23)14-19)16-22(27)25-24-15-17-10-12-21(13-11-17)30-20-8-3-2-4-9-20/h2-15H,16H2,1H3,(H,25,27)/b24-15-. The van der Waals surface area contributed by atoms with Gasteiger partial charge in [0.25, 0.3) is 5.91 Å². The van der Waals surface area contributed by atoms with Crippen molar-refractivity contribution in [2.24, 2.45) is 5.10 Å². The molecule has 0 aliphatic rings. The minimum absolute atomic E-state index is 0.0515. The van der Waals surface area contributed by atoms with Gasteiger partial charge in [-0.3, -0.25) is 9.10 Å². The van der Waals surface area contributed by atoms with Gasteiger partial charge in [-0.15, -0.1) is 0 Å². The molecule has 1 N–H and O–H groups in total. The number of rotatable bonds is 8. The van der Waals surface area contributed by atoms with Gasteiger partial charge in [0.1, 0.15) is 23.9 Å². The van der Waals surface area contributed by atoms with Crippen molar-refractivity contribution < 1.29 is 22.3 Å². The van der Waals surface area contributed by atoms with Crippen LogP contribution in [-0.2, 0) is 14.8 Å². The van der Waals surface area contributed by atoms with Crippen LogP contribution in [0.5, 0.6) is 11.5 Å². The highest BCUT2D eigenvalue weighted by atomic mass is 32.2. The van der Waals surface area contributed by atoms with Crippen molar-refractivity contribution in [2.45, 2.75) is 0 Å². The number of anilines is 1. The monoisotopic (exact) mass is 441 g/mol. The molecule has 3 rings (SSSR count). The molecule has 0 saturated heterocycles. The molecule has 0 heterocycles. The molecule has 0 fully saturated rings. The number of benzene rings is 3. The Morgan fingerprint density at radius 3 is 2.35 bits per heavy atom. The van der Waals surface area contributed by atoms with Crippen LogP contribution in [0.2, 0.25) is 0 Å². The molecule has 160 valence electrons. The van der Waals surface area contributed by atoms with Gasteiger partial charge in [0.05, 0.1) is 18.2 Å². The predicted molar refractivity (Wildman–Crippen MR) is 117 cm³/mol. The molecule has 1 amide bonds. The Labute approximate surface area is 179 Å². The lowest BCUT2D eigenvalue weighted by Gasteiger charge is -2.21. The quantitative estimate of drug-likeness (QED) is 0.428. The summed E-state index contributed by atoms with van der Waals surface area (Å²) in [6, 6.07) is 21.3. The summed E-state index contributed by atoms with van der Waals surface area (Å²) in [4.78, 5) is 12.2. The van der Waals surface area contributed by atoms with Crippen LogP contribution in [0.4, 0.5) is 10.1 Å². The number of nitrogens with zero attached hydrogens (tertiary/aromatic N) is 2. The first-order valence-corrected chi connectivity index (χ1v) is 11.0. The van der Waals surface area contributed by atoms with Gasteiger partial charge in [-0.1, -0.05) is 24.3 Å². The molecule has 31 heavy (non-hydrogen) atoms. The van der Waals surface area contributed by atoms with Crippen molar-refractivity contribution in [1.29, 1.82) is 0 Å². The molecular formula is C22H20FN3O4S. The van der Waals surface area contributed by atoms with E-state index >= 15 is 0 Å². The Bertz CT molecular complexity index is 1170. The summed E-state index contributed by atoms with van der Waals surface area (Å²) in [5, 5.41) is 3.84. The minimum atomic E-state index is -3.80. The summed E-state index contributed by atoms with van der Waals surface area (Å²) in [6.07, 6.45) is 2.35. The number of carbonyl (C=O) groups excluding carboxylic acids is 1. The predicted octanol–water partition coefficient (Wildman–Crippen LogP) is 3.53. The van der Waals surface area contributed by atoms with E-state index in [1.807, 2.05) is 30.3 Å². The Balaban J connectivity index is 1.59. The number of para-hydroxylation sites is 1. The number of hydrogen-bond donors (Lipinski definition) is 1. The highest BCUT2D eigenvalue weighted by molar-refractivity contribution is 7.92. The summed E-state index contributed by atoms with van der Waals surface area (Å²) in [5.74, 6) is 0.0791. The van der Waals surface area contributed by atoms with E-state index in [4.69, 9.17) is 4.74 Å². The molecule has 0 unspecified atom stereocenters. The number of hydrazone groups is 1. The zero-order valence-electron chi connectivity index (χ0n) is 16.6. The van der Waals surface area contributed by atoms with Gasteiger partial charge in [0, 0.05) is 0 Å². The Morgan fingerprint density at radius 1 is 1.03 bits per heavy atom. The van der Waals surface area contributed by atoms with Crippen LogP contribution in [0.3, 0.4) is 0 Å². The Morgan fingerprint density at radius 2 is 1.71 bits per heavy atom. The molecule has 9 heteroatoms. The van der Waals surface area contributed by atoms with E-state index < -0.39 is 28.3 Å². The minimum Gasteiger partial charge on any atom is -0.457 e. The zero-order chi connectivity index (χ0) is 22.3. The molecule has 0 radical (unpaired) electrons. The molecule has 0 aliphatic carbocycles. The summed E-state index contributed by atoms with van der Waals surface area (Å²) >= 11 is 0. The first kappa shape index (κ1) is 22.0. The summed E-state index contributed by atoms with van der Waals surface area (Å²) in [7, 11) is -3.80. The van der Waals surface area contributed by atoms with E-state index in [1.165, 1.54) is 24.4 Å². The molecule has 3 aromatic rings. The van der Waals surface area contributed by atoms with E-state index in [9.17, 15) is 17.6 Å². The number of ether oxygens (including phenoxy) is 1. The van der Waals surface area contributed by atoms with Gasteiger partial charge in [-0.05, 0) is 60.2 Å². The second kappa shape index (κ2) is 9.86. The average molecular weight is 441 g/mol. The van der Waals surface area contributed by atoms with Gasteiger partial charge in [-0.2, -0.15) is 5.10 Å². The third-order valence-electron chi connectivity index (χ3n) is 4.05. The normalized spacial score (nSPS) is 11.3. The lowest BCUT2D eigenvalue weighted by molar-refractivity contribution is -0.119. The number of halogens is 1. The first-order valence-electron chi connectivity index (χ1n) is 9.19. The van der Waals surface area contributed by atoms with Crippen molar-refractivity contribution in [2.75, 3.05) is 17.1 Å². The topological polar surface area (TPSA) is 88.1 Å². The van der Waals surface area contributed by atoms with Crippen LogP contribution < -0.4 is 14.5 Å². The molecule has 7 nitrogen and oxygen atoms in total. The number of amides is 1. The molecule has 0 aliphatic heterocycles. The SMILES string of the molecule is CS(=O)(=O)N(CC(=O)N/N=C\c1ccc(Oc2ccccc2)cc1)c1cccc(F)c1. The summed E-state index contributed by atoms with van der Waals surface area (Å²) < 4.78 is 44.0. The third-order valence-corrected chi connectivity index (χ3v) is 5.19. The van der Waals surface area contributed by atoms with Gasteiger partial charge in [0.2, 0.25) is 10.0 Å².